The second-order valence-corrected chi connectivity index (χ2v) is 1.97. The van der Waals surface area contributed by atoms with E-state index < -0.39 is 5.97 Å². The van der Waals surface area contributed by atoms with Gasteiger partial charge < -0.3 is 14.4 Å². The second-order valence-electron chi connectivity index (χ2n) is 1.97. The molecule has 0 unspecified atom stereocenters. The van der Waals surface area contributed by atoms with Gasteiger partial charge in [-0.3, -0.25) is 0 Å². The molecule has 0 aliphatic rings. The molecule has 5 nitrogen and oxygen atoms in total. The molecule has 1 rings (SSSR count). The van der Waals surface area contributed by atoms with E-state index in [-0.39, 0.29) is 11.3 Å². The molecule has 0 aromatic carbocycles. The summed E-state index contributed by atoms with van der Waals surface area (Å²) >= 11 is 0. The molecule has 1 N–H and O–H groups in total. The summed E-state index contributed by atoms with van der Waals surface area (Å²) in [4.78, 5) is 10.8. The zero-order valence-corrected chi connectivity index (χ0v) is 6.35. The Morgan fingerprint density at radius 2 is 2.58 bits per heavy atom. The molecule has 0 amide bonds. The van der Waals surface area contributed by atoms with Gasteiger partial charge in [-0.25, -0.2) is 4.79 Å². The van der Waals surface area contributed by atoms with E-state index in [2.05, 4.69) is 9.89 Å². The van der Waals surface area contributed by atoms with E-state index in [9.17, 15) is 4.79 Å². The third-order valence-electron chi connectivity index (χ3n) is 1.23. The van der Waals surface area contributed by atoms with Gasteiger partial charge in [-0.05, 0) is 0 Å². The number of esters is 1. The fraction of sp³-hybridized carbons (Fsp3) is 0.143. The highest BCUT2D eigenvalue weighted by Gasteiger charge is 2.08. The van der Waals surface area contributed by atoms with Gasteiger partial charge in [-0.1, -0.05) is 5.16 Å². The standard InChI is InChI=1S/C7H7NO4/c1-11-7(9)5-2-6(3-8-10)12-4-5/h2-4,10H,1H3/b8-3+. The summed E-state index contributed by atoms with van der Waals surface area (Å²) in [5.74, 6) is -0.200. The second kappa shape index (κ2) is 3.56. The molecule has 0 aliphatic carbocycles. The first-order valence-corrected chi connectivity index (χ1v) is 3.12. The number of furan rings is 1. The number of oxime groups is 1. The largest absolute Gasteiger partial charge is 0.465 e. The van der Waals surface area contributed by atoms with Gasteiger partial charge in [0.15, 0.2) is 0 Å². The molecule has 0 saturated heterocycles. The average Bonchev–Trinajstić information content (AvgIpc) is 2.52. The molecule has 0 atom stereocenters. The zero-order valence-electron chi connectivity index (χ0n) is 6.35. The number of ether oxygens (including phenoxy) is 1. The van der Waals surface area contributed by atoms with Crippen molar-refractivity contribution in [2.75, 3.05) is 7.11 Å². The van der Waals surface area contributed by atoms with Crippen molar-refractivity contribution in [3.8, 4) is 0 Å². The normalized spacial score (nSPS) is 10.4. The van der Waals surface area contributed by atoms with Gasteiger partial charge in [0.05, 0.1) is 12.7 Å². The molecule has 5 heteroatoms. The topological polar surface area (TPSA) is 72.0 Å². The zero-order chi connectivity index (χ0) is 8.97. The fourth-order valence-electron chi connectivity index (χ4n) is 0.702. The Morgan fingerprint density at radius 3 is 3.17 bits per heavy atom. The minimum Gasteiger partial charge on any atom is -0.465 e. The van der Waals surface area contributed by atoms with Crippen LogP contribution >= 0.6 is 0 Å². The van der Waals surface area contributed by atoms with E-state index in [0.29, 0.717) is 0 Å². The summed E-state index contributed by atoms with van der Waals surface area (Å²) in [5, 5.41) is 10.9. The average molecular weight is 169 g/mol. The number of rotatable bonds is 2. The Hall–Kier alpha value is -1.78. The van der Waals surface area contributed by atoms with Crippen molar-refractivity contribution in [3.63, 3.8) is 0 Å². The quantitative estimate of drug-likeness (QED) is 0.308. The Labute approximate surface area is 68.2 Å². The summed E-state index contributed by atoms with van der Waals surface area (Å²) in [7, 11) is 1.27. The highest BCUT2D eigenvalue weighted by atomic mass is 16.5. The summed E-state index contributed by atoms with van der Waals surface area (Å²) in [5.41, 5.74) is 0.285. The minimum atomic E-state index is -0.490. The Kier molecular flexibility index (Phi) is 2.47. The third-order valence-corrected chi connectivity index (χ3v) is 1.23. The van der Waals surface area contributed by atoms with Gasteiger partial charge >= 0.3 is 5.97 Å². The van der Waals surface area contributed by atoms with Crippen molar-refractivity contribution in [1.82, 2.24) is 0 Å². The van der Waals surface area contributed by atoms with Crippen LogP contribution in [0.4, 0.5) is 0 Å². The first-order chi connectivity index (χ1) is 5.77. The van der Waals surface area contributed by atoms with Crippen molar-refractivity contribution in [3.05, 3.63) is 23.7 Å². The first kappa shape index (κ1) is 8.32. The maximum absolute atomic E-state index is 10.8. The lowest BCUT2D eigenvalue weighted by molar-refractivity contribution is 0.0600. The molecule has 0 radical (unpaired) electrons. The number of hydrogen-bond acceptors (Lipinski definition) is 5. The molecule has 0 saturated carbocycles. The van der Waals surface area contributed by atoms with E-state index in [4.69, 9.17) is 9.62 Å². The van der Waals surface area contributed by atoms with Crippen LogP contribution in [0.1, 0.15) is 16.1 Å². The van der Waals surface area contributed by atoms with Gasteiger partial charge in [-0.2, -0.15) is 0 Å². The maximum atomic E-state index is 10.8. The Morgan fingerprint density at radius 1 is 1.83 bits per heavy atom. The lowest BCUT2D eigenvalue weighted by atomic mass is 10.3. The molecule has 1 aromatic heterocycles. The molecule has 1 aromatic rings. The highest BCUT2D eigenvalue weighted by Crippen LogP contribution is 2.06. The van der Waals surface area contributed by atoms with Crippen LogP contribution in [0.15, 0.2) is 21.9 Å². The third kappa shape index (κ3) is 1.63. The maximum Gasteiger partial charge on any atom is 0.341 e. The molecule has 1 heterocycles. The van der Waals surface area contributed by atoms with E-state index in [1.807, 2.05) is 0 Å². The number of carbonyl (C=O) groups excluding carboxylic acids is 1. The number of methoxy groups -OCH3 is 1. The SMILES string of the molecule is COC(=O)c1coc(/C=N/O)c1. The molecular formula is C7H7NO4. The number of nitrogens with zero attached hydrogens (tertiary/aromatic N) is 1. The fourth-order valence-corrected chi connectivity index (χ4v) is 0.702. The van der Waals surface area contributed by atoms with Crippen LogP contribution in [0.2, 0.25) is 0 Å². The van der Waals surface area contributed by atoms with Crippen LogP contribution in [0, 0.1) is 0 Å². The predicted octanol–water partition coefficient (Wildman–Crippen LogP) is 0.874. The van der Waals surface area contributed by atoms with E-state index >= 15 is 0 Å². The lowest BCUT2D eigenvalue weighted by Gasteiger charge is -1.89. The lowest BCUT2D eigenvalue weighted by Crippen LogP contribution is -1.98. The smallest absolute Gasteiger partial charge is 0.341 e. The molecule has 64 valence electrons. The number of carbonyl (C=O) groups is 1. The molecule has 0 bridgehead atoms. The van der Waals surface area contributed by atoms with E-state index in [1.165, 1.54) is 19.4 Å². The molecular weight excluding hydrogens is 162 g/mol. The van der Waals surface area contributed by atoms with Gasteiger partial charge in [0.1, 0.15) is 18.2 Å². The molecule has 0 aliphatic heterocycles. The summed E-state index contributed by atoms with van der Waals surface area (Å²) < 4.78 is 9.24. The summed E-state index contributed by atoms with van der Waals surface area (Å²) in [6.45, 7) is 0. The molecule has 0 spiro atoms. The monoisotopic (exact) mass is 169 g/mol. The van der Waals surface area contributed by atoms with Crippen LogP contribution in [0.3, 0.4) is 0 Å². The Balaban J connectivity index is 2.84. The highest BCUT2D eigenvalue weighted by molar-refractivity contribution is 5.91. The van der Waals surface area contributed by atoms with Crippen LogP contribution in [-0.2, 0) is 4.74 Å². The van der Waals surface area contributed by atoms with Crippen molar-refractivity contribution >= 4 is 12.2 Å². The number of hydrogen-bond donors (Lipinski definition) is 1. The summed E-state index contributed by atoms with van der Waals surface area (Å²) in [6, 6.07) is 1.41. The molecule has 0 fully saturated rings. The van der Waals surface area contributed by atoms with Crippen LogP contribution in [0.25, 0.3) is 0 Å². The van der Waals surface area contributed by atoms with Gasteiger partial charge in [0.25, 0.3) is 0 Å². The summed E-state index contributed by atoms with van der Waals surface area (Å²) in [6.07, 6.45) is 2.30. The molecule has 12 heavy (non-hydrogen) atoms. The van der Waals surface area contributed by atoms with Gasteiger partial charge in [0.2, 0.25) is 0 Å². The van der Waals surface area contributed by atoms with E-state index in [0.717, 1.165) is 6.21 Å². The van der Waals surface area contributed by atoms with Crippen molar-refractivity contribution in [1.29, 1.82) is 0 Å². The first-order valence-electron chi connectivity index (χ1n) is 3.12. The minimum absolute atomic E-state index is 0.285. The van der Waals surface area contributed by atoms with Crippen molar-refractivity contribution < 1.29 is 19.2 Å². The van der Waals surface area contributed by atoms with Gasteiger partial charge in [0, 0.05) is 6.07 Å². The van der Waals surface area contributed by atoms with Crippen LogP contribution < -0.4 is 0 Å². The predicted molar refractivity (Wildman–Crippen MR) is 39.4 cm³/mol. The van der Waals surface area contributed by atoms with Crippen molar-refractivity contribution in [2.24, 2.45) is 5.16 Å². The van der Waals surface area contributed by atoms with Crippen LogP contribution in [0.5, 0.6) is 0 Å². The van der Waals surface area contributed by atoms with Crippen LogP contribution in [-0.4, -0.2) is 24.5 Å². The Bertz CT molecular complexity index is 302. The van der Waals surface area contributed by atoms with E-state index in [1.54, 1.807) is 0 Å². The van der Waals surface area contributed by atoms with Gasteiger partial charge in [-0.15, -0.1) is 0 Å². The van der Waals surface area contributed by atoms with Crippen molar-refractivity contribution in [2.45, 2.75) is 0 Å².